The molecule has 4 aromatic rings. The van der Waals surface area contributed by atoms with E-state index in [1.165, 1.54) is 4.68 Å². The summed E-state index contributed by atoms with van der Waals surface area (Å²) in [4.78, 5) is 1.07. The van der Waals surface area contributed by atoms with Crippen molar-refractivity contribution in [2.75, 3.05) is 0 Å². The molecule has 25 heavy (non-hydrogen) atoms. The Morgan fingerprint density at radius 2 is 1.80 bits per heavy atom. The third-order valence-corrected chi connectivity index (χ3v) is 4.92. The van der Waals surface area contributed by atoms with E-state index < -0.39 is 0 Å². The molecule has 0 aliphatic carbocycles. The first-order valence-corrected chi connectivity index (χ1v) is 9.05. The third kappa shape index (κ3) is 3.16. The Morgan fingerprint density at radius 3 is 2.48 bits per heavy atom. The van der Waals surface area contributed by atoms with E-state index in [9.17, 15) is 0 Å². The first kappa shape index (κ1) is 15.9. The van der Waals surface area contributed by atoms with Crippen molar-refractivity contribution in [2.45, 2.75) is 0 Å². The molecule has 0 atom stereocenters. The van der Waals surface area contributed by atoms with Crippen molar-refractivity contribution in [3.8, 4) is 16.3 Å². The van der Waals surface area contributed by atoms with Gasteiger partial charge in [-0.25, -0.2) is 4.68 Å². The molecule has 6 nitrogen and oxygen atoms in total. The van der Waals surface area contributed by atoms with Gasteiger partial charge in [-0.1, -0.05) is 24.3 Å². The minimum absolute atomic E-state index is 0.411. The molecule has 1 aromatic carbocycles. The second kappa shape index (κ2) is 6.71. The number of aromatic amines is 2. The van der Waals surface area contributed by atoms with E-state index in [-0.39, 0.29) is 0 Å². The molecule has 0 fully saturated rings. The van der Waals surface area contributed by atoms with Gasteiger partial charge in [0.1, 0.15) is 5.69 Å². The minimum Gasteiger partial charge on any atom is -0.273 e. The van der Waals surface area contributed by atoms with E-state index in [4.69, 9.17) is 29.5 Å². The van der Waals surface area contributed by atoms with E-state index in [0.29, 0.717) is 9.54 Å². The zero-order valence-corrected chi connectivity index (χ0v) is 15.2. The van der Waals surface area contributed by atoms with Crippen molar-refractivity contribution in [1.29, 1.82) is 0 Å². The second-order valence-corrected chi connectivity index (χ2v) is 6.83. The predicted molar refractivity (Wildman–Crippen MR) is 105 cm³/mol. The highest BCUT2D eigenvalue weighted by atomic mass is 32.1. The monoisotopic (exact) mass is 384 g/mol. The maximum Gasteiger partial charge on any atom is 0.215 e. The molecule has 3 aromatic heterocycles. The van der Waals surface area contributed by atoms with Gasteiger partial charge in [-0.05, 0) is 48.0 Å². The molecule has 0 saturated carbocycles. The standard InChI is InChI=1S/C16H12N6S3/c23-15-18-19-16(24)22(15)17-9-11-10-21(12-5-2-1-3-6-12)20-14(11)13-7-4-8-25-13/h1-10H,(H,18,23)(H,19,24)/b17-9-. The third-order valence-electron chi connectivity index (χ3n) is 3.49. The van der Waals surface area contributed by atoms with Gasteiger partial charge in [0.25, 0.3) is 0 Å². The van der Waals surface area contributed by atoms with Crippen LogP contribution < -0.4 is 0 Å². The van der Waals surface area contributed by atoms with Crippen LogP contribution in [-0.4, -0.2) is 30.9 Å². The molecule has 0 unspecified atom stereocenters. The average Bonchev–Trinajstić information content (AvgIpc) is 3.35. The Labute approximate surface area is 157 Å². The highest BCUT2D eigenvalue weighted by molar-refractivity contribution is 7.72. The van der Waals surface area contributed by atoms with Crippen LogP contribution in [0.1, 0.15) is 5.56 Å². The highest BCUT2D eigenvalue weighted by Crippen LogP contribution is 2.26. The molecular weight excluding hydrogens is 372 g/mol. The average molecular weight is 385 g/mol. The van der Waals surface area contributed by atoms with Crippen LogP contribution in [0, 0.1) is 9.54 Å². The number of rotatable bonds is 4. The van der Waals surface area contributed by atoms with Crippen LogP contribution in [-0.2, 0) is 0 Å². The molecule has 124 valence electrons. The molecule has 9 heteroatoms. The number of hydrogen-bond donors (Lipinski definition) is 2. The van der Waals surface area contributed by atoms with Gasteiger partial charge in [-0.15, -0.1) is 11.3 Å². The van der Waals surface area contributed by atoms with Crippen LogP contribution in [0.5, 0.6) is 0 Å². The van der Waals surface area contributed by atoms with Gasteiger partial charge in [-0.2, -0.15) is 14.9 Å². The normalized spacial score (nSPS) is 11.4. The molecule has 0 amide bonds. The lowest BCUT2D eigenvalue weighted by Crippen LogP contribution is -1.93. The van der Waals surface area contributed by atoms with Crippen molar-refractivity contribution >= 4 is 42.0 Å². The largest absolute Gasteiger partial charge is 0.273 e. The summed E-state index contributed by atoms with van der Waals surface area (Å²) in [6.07, 6.45) is 3.66. The first-order chi connectivity index (χ1) is 12.2. The highest BCUT2D eigenvalue weighted by Gasteiger charge is 2.12. The van der Waals surface area contributed by atoms with Crippen molar-refractivity contribution in [1.82, 2.24) is 24.7 Å². The summed E-state index contributed by atoms with van der Waals surface area (Å²) in [5, 5.41) is 16.7. The zero-order valence-electron chi connectivity index (χ0n) is 12.8. The number of thiophene rings is 1. The van der Waals surface area contributed by atoms with Crippen LogP contribution in [0.15, 0.2) is 59.1 Å². The summed E-state index contributed by atoms with van der Waals surface area (Å²) in [7, 11) is 0. The Bertz CT molecular complexity index is 1100. The van der Waals surface area contributed by atoms with Crippen LogP contribution >= 0.6 is 35.8 Å². The van der Waals surface area contributed by atoms with Crippen molar-refractivity contribution in [3.63, 3.8) is 0 Å². The first-order valence-electron chi connectivity index (χ1n) is 7.35. The zero-order chi connectivity index (χ0) is 17.2. The quantitative estimate of drug-likeness (QED) is 0.405. The molecule has 2 N–H and O–H groups in total. The Balaban J connectivity index is 1.82. The molecule has 0 aliphatic heterocycles. The number of benzene rings is 1. The minimum atomic E-state index is 0.411. The molecule has 0 radical (unpaired) electrons. The molecule has 0 bridgehead atoms. The number of nitrogens with one attached hydrogen (secondary N) is 2. The number of hydrogen-bond acceptors (Lipinski definition) is 5. The maximum atomic E-state index is 5.16. The fourth-order valence-electron chi connectivity index (χ4n) is 2.33. The van der Waals surface area contributed by atoms with Crippen LogP contribution in [0.3, 0.4) is 0 Å². The Hall–Kier alpha value is -2.62. The topological polar surface area (TPSA) is 66.7 Å². The van der Waals surface area contributed by atoms with Crippen LogP contribution in [0.4, 0.5) is 0 Å². The lowest BCUT2D eigenvalue weighted by atomic mass is 10.2. The molecular formula is C16H12N6S3. The van der Waals surface area contributed by atoms with Gasteiger partial charge in [0.05, 0.1) is 16.8 Å². The predicted octanol–water partition coefficient (Wildman–Crippen LogP) is 4.40. The van der Waals surface area contributed by atoms with Crippen molar-refractivity contribution in [3.05, 3.63) is 69.1 Å². The Morgan fingerprint density at radius 1 is 1.04 bits per heavy atom. The Kier molecular flexibility index (Phi) is 4.26. The van der Waals surface area contributed by atoms with Gasteiger partial charge in [-0.3, -0.25) is 10.2 Å². The molecule has 0 spiro atoms. The SMILES string of the molecule is S=c1[nH][nH]c(=S)n1/N=C\c1cn(-c2ccccc2)nc1-c1cccs1. The maximum absolute atomic E-state index is 5.16. The van der Waals surface area contributed by atoms with E-state index in [0.717, 1.165) is 21.8 Å². The molecule has 3 heterocycles. The number of para-hydroxylation sites is 1. The van der Waals surface area contributed by atoms with E-state index in [1.807, 2.05) is 58.7 Å². The summed E-state index contributed by atoms with van der Waals surface area (Å²) < 4.78 is 4.12. The van der Waals surface area contributed by atoms with Gasteiger partial charge in [0.15, 0.2) is 0 Å². The molecule has 4 rings (SSSR count). The van der Waals surface area contributed by atoms with E-state index in [2.05, 4.69) is 15.3 Å². The van der Waals surface area contributed by atoms with Gasteiger partial charge < -0.3 is 0 Å². The number of nitrogens with zero attached hydrogens (tertiary/aromatic N) is 4. The molecule has 0 saturated heterocycles. The van der Waals surface area contributed by atoms with Gasteiger partial charge >= 0.3 is 0 Å². The van der Waals surface area contributed by atoms with E-state index >= 15 is 0 Å². The summed E-state index contributed by atoms with van der Waals surface area (Å²) in [6, 6.07) is 14.0. The molecule has 0 aliphatic rings. The van der Waals surface area contributed by atoms with Gasteiger partial charge in [0.2, 0.25) is 9.54 Å². The van der Waals surface area contributed by atoms with Crippen LogP contribution in [0.2, 0.25) is 0 Å². The van der Waals surface area contributed by atoms with Crippen molar-refractivity contribution in [2.24, 2.45) is 5.10 Å². The summed E-state index contributed by atoms with van der Waals surface area (Å²) in [5.74, 6) is 0. The van der Waals surface area contributed by atoms with E-state index in [1.54, 1.807) is 17.6 Å². The van der Waals surface area contributed by atoms with Crippen LogP contribution in [0.25, 0.3) is 16.3 Å². The summed E-state index contributed by atoms with van der Waals surface area (Å²) in [6.45, 7) is 0. The fraction of sp³-hybridized carbons (Fsp3) is 0. The smallest absolute Gasteiger partial charge is 0.215 e. The van der Waals surface area contributed by atoms with Crippen molar-refractivity contribution < 1.29 is 0 Å². The summed E-state index contributed by atoms with van der Waals surface area (Å²) in [5.41, 5.74) is 2.72. The summed E-state index contributed by atoms with van der Waals surface area (Å²) >= 11 is 11.9. The number of H-pyrrole nitrogens is 2. The number of aromatic nitrogens is 5. The fourth-order valence-corrected chi connectivity index (χ4v) is 3.50. The lowest BCUT2D eigenvalue weighted by molar-refractivity contribution is 0.848. The second-order valence-electron chi connectivity index (χ2n) is 5.11. The lowest BCUT2D eigenvalue weighted by Gasteiger charge is -1.98. The van der Waals surface area contributed by atoms with Gasteiger partial charge in [0, 0.05) is 11.8 Å².